The molecular formula is C18H25F2N5O2. The summed E-state index contributed by atoms with van der Waals surface area (Å²) in [6.45, 7) is 1.86. The Hall–Kier alpha value is -2.13. The van der Waals surface area contributed by atoms with Crippen LogP contribution in [0.25, 0.3) is 11.0 Å². The van der Waals surface area contributed by atoms with Gasteiger partial charge in [-0.3, -0.25) is 4.79 Å². The molecule has 0 bridgehead atoms. The van der Waals surface area contributed by atoms with E-state index in [2.05, 4.69) is 25.6 Å². The van der Waals surface area contributed by atoms with Crippen molar-refractivity contribution in [2.24, 2.45) is 0 Å². The van der Waals surface area contributed by atoms with Crippen molar-refractivity contribution in [1.82, 2.24) is 20.3 Å². The number of alkyl halides is 2. The first kappa shape index (κ1) is 19.6. The van der Waals surface area contributed by atoms with Crippen LogP contribution < -0.4 is 16.2 Å². The maximum atomic E-state index is 12.7. The second kappa shape index (κ2) is 9.18. The first-order valence-corrected chi connectivity index (χ1v) is 9.36. The van der Waals surface area contributed by atoms with Crippen LogP contribution in [0.3, 0.4) is 0 Å². The highest BCUT2D eigenvalue weighted by molar-refractivity contribution is 5.75. The standard InChI is InChI=1S/C13H15F2N5O.C5H10O/c14-10(15)9-5-7-6-17-13(20-11(7)19-12(9)21)18-8-1-3-16-4-2-8;6-5-3-1-2-4-5/h5-6,8,10,16H,1-4H2,(H2,17,18,19,20,21);5-6H,1-4H2. The molecule has 0 radical (unpaired) electrons. The van der Waals surface area contributed by atoms with E-state index in [4.69, 9.17) is 5.11 Å². The molecular weight excluding hydrogens is 356 g/mol. The van der Waals surface area contributed by atoms with Gasteiger partial charge in [0, 0.05) is 17.6 Å². The highest BCUT2D eigenvalue weighted by Gasteiger charge is 2.16. The summed E-state index contributed by atoms with van der Waals surface area (Å²) >= 11 is 0. The topological polar surface area (TPSA) is 103 Å². The molecule has 1 saturated heterocycles. The second-order valence-electron chi connectivity index (χ2n) is 6.96. The lowest BCUT2D eigenvalue weighted by molar-refractivity contribution is 0.150. The summed E-state index contributed by atoms with van der Waals surface area (Å²) in [4.78, 5) is 22.2. The van der Waals surface area contributed by atoms with E-state index in [1.807, 2.05) is 0 Å². The highest BCUT2D eigenvalue weighted by Crippen LogP contribution is 2.19. The minimum atomic E-state index is -2.81. The highest BCUT2D eigenvalue weighted by atomic mass is 19.3. The van der Waals surface area contributed by atoms with Gasteiger partial charge in [-0.25, -0.2) is 13.8 Å². The van der Waals surface area contributed by atoms with Crippen LogP contribution in [-0.2, 0) is 0 Å². The minimum absolute atomic E-state index is 0.0463. The van der Waals surface area contributed by atoms with Crippen molar-refractivity contribution in [3.05, 3.63) is 28.2 Å². The molecule has 9 heteroatoms. The molecule has 2 aliphatic rings. The van der Waals surface area contributed by atoms with Gasteiger partial charge in [-0.05, 0) is 44.8 Å². The van der Waals surface area contributed by atoms with Crippen LogP contribution in [0.15, 0.2) is 17.1 Å². The van der Waals surface area contributed by atoms with Crippen LogP contribution >= 0.6 is 0 Å². The summed E-state index contributed by atoms with van der Waals surface area (Å²) in [5.74, 6) is 0.398. The van der Waals surface area contributed by atoms with E-state index >= 15 is 0 Å². The third-order valence-corrected chi connectivity index (χ3v) is 4.85. The fourth-order valence-electron chi connectivity index (χ4n) is 3.29. The average Bonchev–Trinajstić information content (AvgIpc) is 3.13. The molecule has 1 saturated carbocycles. The number of piperidine rings is 1. The maximum absolute atomic E-state index is 12.7. The van der Waals surface area contributed by atoms with Crippen LogP contribution in [0.5, 0.6) is 0 Å². The van der Waals surface area contributed by atoms with Crippen LogP contribution in [-0.4, -0.2) is 45.3 Å². The second-order valence-corrected chi connectivity index (χ2v) is 6.96. The number of halogens is 2. The molecule has 1 aliphatic heterocycles. The van der Waals surface area contributed by atoms with Gasteiger partial charge < -0.3 is 20.7 Å². The SMILES string of the molecule is O=c1[nH]c2nc(NC3CCNCC3)ncc2cc1C(F)F.OC1CCCC1. The van der Waals surface area contributed by atoms with Gasteiger partial charge in [-0.2, -0.15) is 4.98 Å². The van der Waals surface area contributed by atoms with Gasteiger partial charge in [0.2, 0.25) is 5.95 Å². The third kappa shape index (κ3) is 5.43. The van der Waals surface area contributed by atoms with E-state index in [0.29, 0.717) is 11.3 Å². The fraction of sp³-hybridized carbons (Fsp3) is 0.611. The lowest BCUT2D eigenvalue weighted by atomic mass is 10.1. The molecule has 0 aromatic carbocycles. The van der Waals surface area contributed by atoms with Crippen LogP contribution in [0.4, 0.5) is 14.7 Å². The van der Waals surface area contributed by atoms with Gasteiger partial charge in [0.05, 0.1) is 11.7 Å². The minimum Gasteiger partial charge on any atom is -0.393 e. The van der Waals surface area contributed by atoms with E-state index in [1.54, 1.807) is 0 Å². The van der Waals surface area contributed by atoms with E-state index in [1.165, 1.54) is 19.0 Å². The molecule has 3 heterocycles. The Morgan fingerprint density at radius 3 is 2.48 bits per heavy atom. The molecule has 1 aliphatic carbocycles. The maximum Gasteiger partial charge on any atom is 0.269 e. The monoisotopic (exact) mass is 381 g/mol. The number of H-pyrrole nitrogens is 1. The summed E-state index contributed by atoms with van der Waals surface area (Å²) in [7, 11) is 0. The number of aromatic amines is 1. The van der Waals surface area contributed by atoms with Crippen molar-refractivity contribution < 1.29 is 13.9 Å². The normalized spacial score (nSPS) is 18.5. The molecule has 7 nitrogen and oxygen atoms in total. The molecule has 4 N–H and O–H groups in total. The Labute approximate surface area is 155 Å². The number of hydrogen-bond donors (Lipinski definition) is 4. The summed E-state index contributed by atoms with van der Waals surface area (Å²) in [6.07, 6.45) is 5.15. The summed E-state index contributed by atoms with van der Waals surface area (Å²) in [6, 6.07) is 1.41. The molecule has 0 unspecified atom stereocenters. The fourth-order valence-corrected chi connectivity index (χ4v) is 3.29. The molecule has 27 heavy (non-hydrogen) atoms. The Bertz CT molecular complexity index is 802. The third-order valence-electron chi connectivity index (χ3n) is 4.85. The van der Waals surface area contributed by atoms with Crippen molar-refractivity contribution >= 4 is 17.0 Å². The number of aliphatic hydroxyl groups excluding tert-OH is 1. The number of anilines is 1. The quantitative estimate of drug-likeness (QED) is 0.651. The van der Waals surface area contributed by atoms with E-state index < -0.39 is 17.5 Å². The summed E-state index contributed by atoms with van der Waals surface area (Å²) in [5, 5.41) is 15.6. The number of pyridine rings is 1. The van der Waals surface area contributed by atoms with Crippen LogP contribution in [0.2, 0.25) is 0 Å². The first-order chi connectivity index (χ1) is 13.0. The van der Waals surface area contributed by atoms with E-state index in [0.717, 1.165) is 44.8 Å². The van der Waals surface area contributed by atoms with Crippen LogP contribution in [0.1, 0.15) is 50.5 Å². The number of aliphatic hydroxyl groups is 1. The van der Waals surface area contributed by atoms with Gasteiger partial charge in [-0.15, -0.1) is 0 Å². The van der Waals surface area contributed by atoms with Gasteiger partial charge in [0.25, 0.3) is 12.0 Å². The van der Waals surface area contributed by atoms with Gasteiger partial charge in [0.15, 0.2) is 0 Å². The zero-order valence-electron chi connectivity index (χ0n) is 15.0. The van der Waals surface area contributed by atoms with Crippen molar-refractivity contribution in [2.45, 2.75) is 57.1 Å². The number of nitrogens with zero attached hydrogens (tertiary/aromatic N) is 2. The van der Waals surface area contributed by atoms with E-state index in [9.17, 15) is 13.6 Å². The molecule has 2 aromatic rings. The molecule has 2 fully saturated rings. The number of fused-ring (bicyclic) bond motifs is 1. The summed E-state index contributed by atoms with van der Waals surface area (Å²) in [5.41, 5.74) is -1.12. The van der Waals surface area contributed by atoms with Crippen molar-refractivity contribution in [3.63, 3.8) is 0 Å². The predicted octanol–water partition coefficient (Wildman–Crippen LogP) is 2.34. The Morgan fingerprint density at radius 1 is 1.19 bits per heavy atom. The lowest BCUT2D eigenvalue weighted by Crippen LogP contribution is -2.35. The van der Waals surface area contributed by atoms with Crippen molar-refractivity contribution in [2.75, 3.05) is 18.4 Å². The zero-order valence-corrected chi connectivity index (χ0v) is 15.0. The molecule has 0 spiro atoms. The largest absolute Gasteiger partial charge is 0.393 e. The van der Waals surface area contributed by atoms with Crippen molar-refractivity contribution in [1.29, 1.82) is 0 Å². The molecule has 0 atom stereocenters. The Kier molecular flexibility index (Phi) is 6.68. The predicted molar refractivity (Wildman–Crippen MR) is 99.1 cm³/mol. The lowest BCUT2D eigenvalue weighted by Gasteiger charge is -2.23. The zero-order chi connectivity index (χ0) is 19.2. The average molecular weight is 381 g/mol. The van der Waals surface area contributed by atoms with Gasteiger partial charge >= 0.3 is 0 Å². The molecule has 4 rings (SSSR count). The first-order valence-electron chi connectivity index (χ1n) is 9.36. The Balaban J connectivity index is 0.000000299. The molecule has 0 amide bonds. The Morgan fingerprint density at radius 2 is 1.89 bits per heavy atom. The smallest absolute Gasteiger partial charge is 0.269 e. The molecule has 148 valence electrons. The number of hydrogen-bond acceptors (Lipinski definition) is 6. The number of rotatable bonds is 3. The van der Waals surface area contributed by atoms with Gasteiger partial charge in [0.1, 0.15) is 5.65 Å². The number of nitrogens with one attached hydrogen (secondary N) is 3. The van der Waals surface area contributed by atoms with Crippen molar-refractivity contribution in [3.8, 4) is 0 Å². The van der Waals surface area contributed by atoms with Crippen LogP contribution in [0, 0.1) is 0 Å². The molecule has 2 aromatic heterocycles. The van der Waals surface area contributed by atoms with E-state index in [-0.39, 0.29) is 17.8 Å². The summed E-state index contributed by atoms with van der Waals surface area (Å²) < 4.78 is 25.3. The van der Waals surface area contributed by atoms with Gasteiger partial charge in [-0.1, -0.05) is 12.8 Å². The number of aromatic nitrogens is 3.